The summed E-state index contributed by atoms with van der Waals surface area (Å²) in [4.78, 5) is 60.5. The molecule has 276 valence electrons. The average Bonchev–Trinajstić information content (AvgIpc) is 3.56. The van der Waals surface area contributed by atoms with Crippen LogP contribution in [0.3, 0.4) is 0 Å². The van der Waals surface area contributed by atoms with Crippen molar-refractivity contribution in [2.45, 2.75) is 37.5 Å². The first-order chi connectivity index (χ1) is 26.0. The molecule has 4 amide bonds. The Morgan fingerprint density at radius 3 is 2.26 bits per heavy atom. The number of hydrazine groups is 1. The van der Waals surface area contributed by atoms with E-state index in [0.717, 1.165) is 22.6 Å². The number of hydrogen-bond donors (Lipinski definition) is 2. The number of phenols is 1. The van der Waals surface area contributed by atoms with Crippen LogP contribution in [0.25, 0.3) is 0 Å². The van der Waals surface area contributed by atoms with Crippen molar-refractivity contribution in [3.8, 4) is 17.2 Å². The largest absolute Gasteiger partial charge is 0.508 e. The van der Waals surface area contributed by atoms with Gasteiger partial charge in [0.15, 0.2) is 0 Å². The highest BCUT2D eigenvalue weighted by Crippen LogP contribution is 2.65. The highest BCUT2D eigenvalue weighted by molar-refractivity contribution is 6.36. The van der Waals surface area contributed by atoms with Gasteiger partial charge in [0.2, 0.25) is 11.8 Å². The molecule has 8 rings (SSSR count). The van der Waals surface area contributed by atoms with E-state index in [9.17, 15) is 19.5 Å². The van der Waals surface area contributed by atoms with Gasteiger partial charge in [-0.2, -0.15) is 5.01 Å². The quantitative estimate of drug-likeness (QED) is 0.140. The minimum absolute atomic E-state index is 0.0495. The fraction of sp³-hybridized carbons (Fsp3) is 0.286. The number of benzene rings is 4. The van der Waals surface area contributed by atoms with Crippen LogP contribution in [0.15, 0.2) is 96.6 Å². The van der Waals surface area contributed by atoms with Gasteiger partial charge in [-0.05, 0) is 84.8 Å². The van der Waals surface area contributed by atoms with E-state index in [4.69, 9.17) is 32.7 Å². The lowest BCUT2D eigenvalue weighted by molar-refractivity contribution is -0.138. The molecule has 2 heterocycles. The standard InChI is InChI=1S/C42H37Cl2N3O7/c1-4-22-5-10-25(11-6-22)46-38(49)30-17-16-28-31(36(30)40(46)51)21-32-39(50)47(45-34-18-9-24(43)19-33(34)44)41(52)42(32,23-7-13-27(53-2)14-8-23)37(28)29-15-12-26(48)20-35(29)54-3/h5-16,18-20,30-32,36-37,45,48H,4,17,21H2,1-3H3. The summed E-state index contributed by atoms with van der Waals surface area (Å²) >= 11 is 12.7. The number of imide groups is 2. The van der Waals surface area contributed by atoms with E-state index in [0.29, 0.717) is 39.0 Å². The first-order valence-electron chi connectivity index (χ1n) is 17.8. The number of ether oxygens (including phenoxy) is 2. The Labute approximate surface area is 322 Å². The fourth-order valence-corrected chi connectivity index (χ4v) is 9.71. The van der Waals surface area contributed by atoms with Gasteiger partial charge in [0.05, 0.1) is 53.8 Å². The Kier molecular flexibility index (Phi) is 8.93. The Morgan fingerprint density at radius 2 is 1.59 bits per heavy atom. The summed E-state index contributed by atoms with van der Waals surface area (Å²) < 4.78 is 11.3. The van der Waals surface area contributed by atoms with Gasteiger partial charge in [-0.1, -0.05) is 72.1 Å². The number of nitrogens with zero attached hydrogens (tertiary/aromatic N) is 2. The number of methoxy groups -OCH3 is 2. The van der Waals surface area contributed by atoms with Crippen LogP contribution in [0.5, 0.6) is 17.2 Å². The molecule has 54 heavy (non-hydrogen) atoms. The van der Waals surface area contributed by atoms with Crippen LogP contribution in [0.2, 0.25) is 10.0 Å². The van der Waals surface area contributed by atoms with Crippen LogP contribution in [-0.2, 0) is 31.0 Å². The lowest BCUT2D eigenvalue weighted by atomic mass is 9.49. The summed E-state index contributed by atoms with van der Waals surface area (Å²) in [6.45, 7) is 2.03. The maximum atomic E-state index is 15.5. The topological polar surface area (TPSA) is 125 Å². The number of allylic oxidation sites excluding steroid dienone is 2. The molecular formula is C42H37Cl2N3O7. The van der Waals surface area contributed by atoms with Crippen LogP contribution in [0, 0.1) is 23.7 Å². The number of carbonyl (C=O) groups is 4. The van der Waals surface area contributed by atoms with E-state index in [1.165, 1.54) is 30.2 Å². The zero-order chi connectivity index (χ0) is 38.1. The van der Waals surface area contributed by atoms with Crippen LogP contribution < -0.4 is 19.8 Å². The Bertz CT molecular complexity index is 2240. The molecule has 2 aliphatic heterocycles. The third kappa shape index (κ3) is 5.29. The molecule has 2 aliphatic carbocycles. The number of rotatable bonds is 8. The predicted molar refractivity (Wildman–Crippen MR) is 204 cm³/mol. The monoisotopic (exact) mass is 765 g/mol. The first-order valence-corrected chi connectivity index (χ1v) is 18.6. The molecule has 4 aliphatic rings. The third-order valence-corrected chi connectivity index (χ3v) is 12.3. The molecular weight excluding hydrogens is 729 g/mol. The second-order valence-electron chi connectivity index (χ2n) is 14.2. The summed E-state index contributed by atoms with van der Waals surface area (Å²) in [6, 6.07) is 23.9. The second kappa shape index (κ2) is 13.5. The van der Waals surface area contributed by atoms with E-state index in [2.05, 4.69) is 5.43 Å². The summed E-state index contributed by atoms with van der Waals surface area (Å²) in [7, 11) is 3.02. The molecule has 2 N–H and O–H groups in total. The molecule has 6 atom stereocenters. The molecule has 10 nitrogen and oxygen atoms in total. The molecule has 3 fully saturated rings. The zero-order valence-corrected chi connectivity index (χ0v) is 31.2. The maximum Gasteiger partial charge on any atom is 0.260 e. The number of phenolic OH excluding ortho intramolecular Hbond substituents is 1. The van der Waals surface area contributed by atoms with Crippen molar-refractivity contribution in [3.05, 3.63) is 123 Å². The molecule has 4 aromatic rings. The van der Waals surface area contributed by atoms with Crippen molar-refractivity contribution in [2.75, 3.05) is 24.5 Å². The van der Waals surface area contributed by atoms with Crippen molar-refractivity contribution >= 4 is 58.2 Å². The minimum atomic E-state index is -1.57. The van der Waals surface area contributed by atoms with Gasteiger partial charge in [0, 0.05) is 22.6 Å². The van der Waals surface area contributed by atoms with Crippen LogP contribution >= 0.6 is 23.2 Å². The normalized spacial score (nSPS) is 25.9. The van der Waals surface area contributed by atoms with E-state index in [1.54, 1.807) is 61.7 Å². The summed E-state index contributed by atoms with van der Waals surface area (Å²) in [6.07, 6.45) is 3.15. The number of aryl methyl sites for hydroxylation is 1. The van der Waals surface area contributed by atoms with Crippen molar-refractivity contribution in [3.63, 3.8) is 0 Å². The number of halogens is 2. The number of carbonyl (C=O) groups excluding carboxylic acids is 4. The highest BCUT2D eigenvalue weighted by Gasteiger charge is 2.70. The zero-order valence-electron chi connectivity index (χ0n) is 29.7. The SMILES string of the molecule is CCc1ccc(N2C(=O)C3CC=C4C(CC5C(=O)N(Nc6ccc(Cl)cc6Cl)C(=O)C5(c5ccc(OC)cc5)C4c4ccc(O)cc4OC)C3C2=O)cc1. The van der Waals surface area contributed by atoms with Crippen LogP contribution in [-0.4, -0.2) is 48.0 Å². The number of fused-ring (bicyclic) bond motifs is 4. The van der Waals surface area contributed by atoms with E-state index < -0.39 is 46.8 Å². The van der Waals surface area contributed by atoms with E-state index in [-0.39, 0.29) is 35.4 Å². The Morgan fingerprint density at radius 1 is 0.852 bits per heavy atom. The summed E-state index contributed by atoms with van der Waals surface area (Å²) in [5.74, 6) is -4.77. The second-order valence-corrected chi connectivity index (χ2v) is 15.0. The molecule has 12 heteroatoms. The molecule has 0 bridgehead atoms. The third-order valence-electron chi connectivity index (χ3n) is 11.7. The van der Waals surface area contributed by atoms with Gasteiger partial charge in [0.1, 0.15) is 17.2 Å². The van der Waals surface area contributed by atoms with Gasteiger partial charge in [-0.3, -0.25) is 29.5 Å². The molecule has 1 saturated carbocycles. The smallest absolute Gasteiger partial charge is 0.260 e. The molecule has 2 saturated heterocycles. The van der Waals surface area contributed by atoms with E-state index >= 15 is 4.79 Å². The Balaban J connectivity index is 1.33. The lowest BCUT2D eigenvalue weighted by Gasteiger charge is -2.50. The van der Waals surface area contributed by atoms with Crippen molar-refractivity contribution < 1.29 is 33.8 Å². The number of aromatic hydroxyl groups is 1. The molecule has 4 aromatic carbocycles. The number of anilines is 2. The van der Waals surface area contributed by atoms with Gasteiger partial charge < -0.3 is 14.6 Å². The summed E-state index contributed by atoms with van der Waals surface area (Å²) in [5.41, 5.74) is 5.14. The lowest BCUT2D eigenvalue weighted by Crippen LogP contribution is -2.53. The maximum absolute atomic E-state index is 15.5. The van der Waals surface area contributed by atoms with Crippen molar-refractivity contribution in [1.29, 1.82) is 0 Å². The van der Waals surface area contributed by atoms with Gasteiger partial charge in [-0.25, -0.2) is 0 Å². The van der Waals surface area contributed by atoms with Gasteiger partial charge in [-0.15, -0.1) is 0 Å². The first kappa shape index (κ1) is 35.7. The van der Waals surface area contributed by atoms with Crippen LogP contribution in [0.1, 0.15) is 42.4 Å². The van der Waals surface area contributed by atoms with Gasteiger partial charge >= 0.3 is 0 Å². The average molecular weight is 767 g/mol. The fourth-order valence-electron chi connectivity index (χ4n) is 9.26. The number of amides is 4. The summed E-state index contributed by atoms with van der Waals surface area (Å²) in [5, 5.41) is 12.2. The van der Waals surface area contributed by atoms with Crippen molar-refractivity contribution in [2.24, 2.45) is 23.7 Å². The van der Waals surface area contributed by atoms with Crippen LogP contribution in [0.4, 0.5) is 11.4 Å². The van der Waals surface area contributed by atoms with Crippen molar-refractivity contribution in [1.82, 2.24) is 5.01 Å². The minimum Gasteiger partial charge on any atom is -0.508 e. The predicted octanol–water partition coefficient (Wildman–Crippen LogP) is 7.47. The number of nitrogens with one attached hydrogen (secondary N) is 1. The molecule has 0 radical (unpaired) electrons. The Hall–Kier alpha value is -5.32. The van der Waals surface area contributed by atoms with E-state index in [1.807, 2.05) is 25.1 Å². The molecule has 6 unspecified atom stereocenters. The number of hydrogen-bond acceptors (Lipinski definition) is 8. The van der Waals surface area contributed by atoms with Gasteiger partial charge in [0.25, 0.3) is 11.8 Å². The molecule has 0 aromatic heterocycles. The molecule has 0 spiro atoms. The highest BCUT2D eigenvalue weighted by atomic mass is 35.5.